The van der Waals surface area contributed by atoms with Crippen molar-refractivity contribution in [2.45, 2.75) is 6.61 Å². The van der Waals surface area contributed by atoms with E-state index in [0.717, 1.165) is 11.5 Å². The molecule has 0 aliphatic heterocycles. The van der Waals surface area contributed by atoms with Gasteiger partial charge in [-0.25, -0.2) is 0 Å². The van der Waals surface area contributed by atoms with Crippen molar-refractivity contribution >= 4 is 0 Å². The van der Waals surface area contributed by atoms with E-state index in [9.17, 15) is 0 Å². The summed E-state index contributed by atoms with van der Waals surface area (Å²) in [5.41, 5.74) is 0. The van der Waals surface area contributed by atoms with Crippen LogP contribution < -0.4 is 4.74 Å². The minimum absolute atomic E-state index is 0.469. The summed E-state index contributed by atoms with van der Waals surface area (Å²) in [7, 11) is 0. The van der Waals surface area contributed by atoms with Gasteiger partial charge in [-0.1, -0.05) is 12.1 Å². The summed E-state index contributed by atoms with van der Waals surface area (Å²) in [6, 6.07) is 14.0. The van der Waals surface area contributed by atoms with Crippen molar-refractivity contribution in [2.75, 3.05) is 0 Å². The van der Waals surface area contributed by atoms with E-state index in [2.05, 4.69) is 6.07 Å². The average Bonchev–Trinajstić information content (AvgIpc) is 2.69. The second kappa shape index (κ2) is 3.81. The van der Waals surface area contributed by atoms with E-state index in [1.165, 1.54) is 0 Å². The first-order chi connectivity index (χ1) is 6.45. The van der Waals surface area contributed by atoms with Gasteiger partial charge in [0, 0.05) is 0 Å². The van der Waals surface area contributed by atoms with Crippen molar-refractivity contribution < 1.29 is 9.15 Å². The number of benzene rings is 1. The summed E-state index contributed by atoms with van der Waals surface area (Å²) < 4.78 is 10.6. The van der Waals surface area contributed by atoms with Gasteiger partial charge in [-0.15, -0.1) is 0 Å². The van der Waals surface area contributed by atoms with E-state index >= 15 is 0 Å². The Morgan fingerprint density at radius 1 is 1.23 bits per heavy atom. The van der Waals surface area contributed by atoms with Crippen molar-refractivity contribution in [2.24, 2.45) is 0 Å². The van der Waals surface area contributed by atoms with Crippen LogP contribution in [0.25, 0.3) is 0 Å². The van der Waals surface area contributed by atoms with Crippen molar-refractivity contribution in [3.8, 4) is 5.75 Å². The van der Waals surface area contributed by atoms with E-state index in [0.29, 0.717) is 6.61 Å². The smallest absolute Gasteiger partial charge is 0.146 e. The van der Waals surface area contributed by atoms with Gasteiger partial charge in [0.1, 0.15) is 18.1 Å². The van der Waals surface area contributed by atoms with Crippen LogP contribution in [0.3, 0.4) is 0 Å². The second-order valence-electron chi connectivity index (χ2n) is 2.60. The van der Waals surface area contributed by atoms with Gasteiger partial charge in [0.25, 0.3) is 0 Å². The predicted octanol–water partition coefficient (Wildman–Crippen LogP) is 2.66. The highest BCUT2D eigenvalue weighted by molar-refractivity contribution is 5.20. The van der Waals surface area contributed by atoms with Crippen molar-refractivity contribution in [3.05, 3.63) is 54.5 Å². The summed E-state index contributed by atoms with van der Waals surface area (Å²) in [6.07, 6.45) is 1.64. The highest BCUT2D eigenvalue weighted by Gasteiger charge is 1.95. The van der Waals surface area contributed by atoms with Crippen LogP contribution in [0.5, 0.6) is 5.75 Å². The van der Waals surface area contributed by atoms with Crippen molar-refractivity contribution in [1.82, 2.24) is 0 Å². The molecule has 0 unspecified atom stereocenters. The fourth-order valence-electron chi connectivity index (χ4n) is 1.02. The zero-order valence-electron chi connectivity index (χ0n) is 7.07. The standard InChI is InChI=1S/C11H9O2/c1-2-5-10(6-3-1)13-9-11-7-4-8-12-11/h2-8H,9H2. The van der Waals surface area contributed by atoms with Gasteiger partial charge < -0.3 is 9.15 Å². The average molecular weight is 173 g/mol. The first-order valence-electron chi connectivity index (χ1n) is 4.06. The topological polar surface area (TPSA) is 22.4 Å². The maximum absolute atomic E-state index is 5.44. The molecule has 2 heteroatoms. The molecule has 2 nitrogen and oxygen atoms in total. The molecule has 0 spiro atoms. The third-order valence-corrected chi connectivity index (χ3v) is 1.65. The molecule has 0 saturated heterocycles. The molecule has 0 N–H and O–H groups in total. The van der Waals surface area contributed by atoms with E-state index in [1.807, 2.05) is 36.4 Å². The van der Waals surface area contributed by atoms with Crippen LogP contribution in [-0.2, 0) is 6.61 Å². The lowest BCUT2D eigenvalue weighted by Gasteiger charge is -2.02. The Labute approximate surface area is 76.8 Å². The molecule has 0 amide bonds. The summed E-state index contributed by atoms with van der Waals surface area (Å²) >= 11 is 0. The van der Waals surface area contributed by atoms with Gasteiger partial charge in [-0.3, -0.25) is 0 Å². The largest absolute Gasteiger partial charge is 0.486 e. The Kier molecular flexibility index (Phi) is 2.32. The molecule has 0 aliphatic rings. The molecule has 1 heterocycles. The summed E-state index contributed by atoms with van der Waals surface area (Å²) in [6.45, 7) is 0.469. The Hall–Kier alpha value is -1.70. The Bertz CT molecular complexity index is 338. The van der Waals surface area contributed by atoms with Crippen LogP contribution in [0.1, 0.15) is 5.76 Å². The molecule has 0 bridgehead atoms. The van der Waals surface area contributed by atoms with Crippen molar-refractivity contribution in [3.63, 3.8) is 0 Å². The second-order valence-corrected chi connectivity index (χ2v) is 2.60. The molecule has 1 aromatic carbocycles. The molecule has 2 aromatic rings. The summed E-state index contributed by atoms with van der Waals surface area (Å²) in [4.78, 5) is 0. The van der Waals surface area contributed by atoms with Crippen LogP contribution in [0, 0.1) is 6.07 Å². The minimum Gasteiger partial charge on any atom is -0.486 e. The van der Waals surface area contributed by atoms with Crippen LogP contribution >= 0.6 is 0 Å². The normalized spacial score (nSPS) is 9.85. The van der Waals surface area contributed by atoms with Crippen molar-refractivity contribution in [1.29, 1.82) is 0 Å². The maximum Gasteiger partial charge on any atom is 0.146 e. The van der Waals surface area contributed by atoms with E-state index in [1.54, 1.807) is 6.26 Å². The molecular weight excluding hydrogens is 164 g/mol. The number of furan rings is 1. The first-order valence-corrected chi connectivity index (χ1v) is 4.06. The molecular formula is C11H9O2. The zero-order chi connectivity index (χ0) is 8.93. The van der Waals surface area contributed by atoms with Gasteiger partial charge in [0.05, 0.1) is 6.26 Å². The fourth-order valence-corrected chi connectivity index (χ4v) is 1.02. The van der Waals surface area contributed by atoms with E-state index in [4.69, 9.17) is 9.15 Å². The third kappa shape index (κ3) is 2.12. The number of hydrogen-bond acceptors (Lipinski definition) is 2. The van der Waals surface area contributed by atoms with Gasteiger partial charge in [-0.2, -0.15) is 0 Å². The first kappa shape index (κ1) is 7.92. The fraction of sp³-hybridized carbons (Fsp3) is 0.0909. The molecule has 0 atom stereocenters. The van der Waals surface area contributed by atoms with Crippen LogP contribution in [-0.4, -0.2) is 0 Å². The molecule has 1 aromatic heterocycles. The van der Waals surface area contributed by atoms with Crippen LogP contribution in [0.15, 0.2) is 47.1 Å². The third-order valence-electron chi connectivity index (χ3n) is 1.65. The van der Waals surface area contributed by atoms with Gasteiger partial charge in [0.15, 0.2) is 0 Å². The highest BCUT2D eigenvalue weighted by atomic mass is 16.5. The molecule has 1 radical (unpaired) electrons. The number of ether oxygens (including phenoxy) is 1. The summed E-state index contributed by atoms with van der Waals surface area (Å²) in [5, 5.41) is 0. The lowest BCUT2D eigenvalue weighted by Crippen LogP contribution is -1.92. The minimum atomic E-state index is 0.469. The monoisotopic (exact) mass is 173 g/mol. The van der Waals surface area contributed by atoms with Gasteiger partial charge >= 0.3 is 0 Å². The van der Waals surface area contributed by atoms with E-state index < -0.39 is 0 Å². The maximum atomic E-state index is 5.44. The summed E-state index contributed by atoms with van der Waals surface area (Å²) in [5.74, 6) is 1.66. The molecule has 65 valence electrons. The Morgan fingerprint density at radius 2 is 2.08 bits per heavy atom. The Balaban J connectivity index is 1.94. The molecule has 0 fully saturated rings. The van der Waals surface area contributed by atoms with Crippen LogP contribution in [0.4, 0.5) is 0 Å². The lowest BCUT2D eigenvalue weighted by atomic mass is 10.3. The highest BCUT2D eigenvalue weighted by Crippen LogP contribution is 2.11. The number of hydrogen-bond donors (Lipinski definition) is 0. The number of rotatable bonds is 3. The molecule has 2 rings (SSSR count). The van der Waals surface area contributed by atoms with Crippen LogP contribution in [0.2, 0.25) is 0 Å². The Morgan fingerprint density at radius 3 is 2.77 bits per heavy atom. The SMILES string of the molecule is [c]1ccc(OCc2ccco2)cc1. The quantitative estimate of drug-likeness (QED) is 0.711. The molecule has 0 aliphatic carbocycles. The zero-order valence-corrected chi connectivity index (χ0v) is 7.07. The molecule has 13 heavy (non-hydrogen) atoms. The predicted molar refractivity (Wildman–Crippen MR) is 48.3 cm³/mol. The van der Waals surface area contributed by atoms with Gasteiger partial charge in [0.2, 0.25) is 0 Å². The van der Waals surface area contributed by atoms with E-state index in [-0.39, 0.29) is 0 Å². The lowest BCUT2D eigenvalue weighted by molar-refractivity contribution is 0.270. The molecule has 0 saturated carbocycles. The van der Waals surface area contributed by atoms with Gasteiger partial charge in [-0.05, 0) is 30.3 Å².